The number of aliphatic hydroxyl groups is 2. The van der Waals surface area contributed by atoms with Crippen LogP contribution in [0.3, 0.4) is 0 Å². The summed E-state index contributed by atoms with van der Waals surface area (Å²) in [6, 6.07) is 0.0185. The van der Waals surface area contributed by atoms with E-state index in [0.29, 0.717) is 13.1 Å². The van der Waals surface area contributed by atoms with Crippen molar-refractivity contribution in [2.45, 2.75) is 0 Å². The summed E-state index contributed by atoms with van der Waals surface area (Å²) in [5, 5.41) is 19.1. The number of rotatable bonds is 4. The molecule has 0 spiro atoms. The second-order valence-corrected chi connectivity index (χ2v) is 3.27. The third-order valence-electron chi connectivity index (χ3n) is 1.34. The fourth-order valence-corrected chi connectivity index (χ4v) is 0.683. The van der Waals surface area contributed by atoms with Crippen LogP contribution in [0, 0.1) is 0 Å². The van der Waals surface area contributed by atoms with Crippen LogP contribution in [0.4, 0.5) is 4.79 Å². The van der Waals surface area contributed by atoms with E-state index in [4.69, 9.17) is 10.2 Å². The van der Waals surface area contributed by atoms with Crippen molar-refractivity contribution in [3.63, 3.8) is 0 Å². The summed E-state index contributed by atoms with van der Waals surface area (Å²) in [7, 11) is 6.90. The molecular formula is C9H23N3O3. The lowest BCUT2D eigenvalue weighted by atomic mass is 10.6. The average molecular weight is 221 g/mol. The third kappa shape index (κ3) is 13.2. The number of nitrogens with one attached hydrogen (secondary N) is 1. The van der Waals surface area contributed by atoms with Gasteiger partial charge in [0.2, 0.25) is 0 Å². The van der Waals surface area contributed by atoms with Crippen LogP contribution in [-0.2, 0) is 0 Å². The maximum Gasteiger partial charge on any atom is 0.318 e. The molecular weight excluding hydrogens is 198 g/mol. The Kier molecular flexibility index (Phi) is 12.4. The van der Waals surface area contributed by atoms with E-state index in [2.05, 4.69) is 5.32 Å². The molecule has 92 valence electrons. The van der Waals surface area contributed by atoms with Crippen LogP contribution in [0.25, 0.3) is 0 Å². The molecule has 3 N–H and O–H groups in total. The summed E-state index contributed by atoms with van der Waals surface area (Å²) < 4.78 is 0. The number of hydrogen-bond donors (Lipinski definition) is 3. The average Bonchev–Trinajstić information content (AvgIpc) is 2.18. The lowest BCUT2D eigenvalue weighted by molar-refractivity contribution is 0.191. The monoisotopic (exact) mass is 221 g/mol. The molecule has 0 saturated heterocycles. The van der Waals surface area contributed by atoms with Crippen molar-refractivity contribution in [2.24, 2.45) is 0 Å². The molecule has 6 nitrogen and oxygen atoms in total. The van der Waals surface area contributed by atoms with Gasteiger partial charge >= 0.3 is 6.03 Å². The highest BCUT2D eigenvalue weighted by atomic mass is 16.3. The minimum absolute atomic E-state index is 0.0185. The van der Waals surface area contributed by atoms with Crippen molar-refractivity contribution in [2.75, 3.05) is 54.5 Å². The Bertz CT molecular complexity index is 138. The molecule has 2 amide bonds. The smallest absolute Gasteiger partial charge is 0.318 e. The van der Waals surface area contributed by atoms with Gasteiger partial charge in [-0.1, -0.05) is 0 Å². The second kappa shape index (κ2) is 11.2. The summed E-state index contributed by atoms with van der Waals surface area (Å²) >= 11 is 0. The molecule has 0 aliphatic rings. The topological polar surface area (TPSA) is 76.0 Å². The Morgan fingerprint density at radius 1 is 1.00 bits per heavy atom. The zero-order valence-electron chi connectivity index (χ0n) is 10.0. The van der Waals surface area contributed by atoms with Crippen molar-refractivity contribution in [1.82, 2.24) is 15.1 Å². The van der Waals surface area contributed by atoms with Gasteiger partial charge in [0.1, 0.15) is 0 Å². The van der Waals surface area contributed by atoms with E-state index >= 15 is 0 Å². The second-order valence-electron chi connectivity index (χ2n) is 3.27. The predicted molar refractivity (Wildman–Crippen MR) is 59.8 cm³/mol. The first-order valence-electron chi connectivity index (χ1n) is 4.78. The third-order valence-corrected chi connectivity index (χ3v) is 1.34. The largest absolute Gasteiger partial charge is 0.395 e. The number of urea groups is 1. The van der Waals surface area contributed by atoms with Gasteiger partial charge in [0.15, 0.2) is 0 Å². The lowest BCUT2D eigenvalue weighted by Gasteiger charge is -2.16. The first kappa shape index (κ1) is 16.6. The summed E-state index contributed by atoms with van der Waals surface area (Å²) in [4.78, 5) is 13.8. The molecule has 15 heavy (non-hydrogen) atoms. The standard InChI is InChI=1S/C5H12N2O.C4H11NO2/c1-6(2)5(8)7(3)4;6-3-1-5-2-4-7/h1-4H3;5-7H,1-4H2. The van der Waals surface area contributed by atoms with Gasteiger partial charge in [0, 0.05) is 41.3 Å². The molecule has 0 saturated carbocycles. The molecule has 0 heterocycles. The molecule has 0 aromatic rings. The Hall–Kier alpha value is -0.850. The number of nitrogens with zero attached hydrogens (tertiary/aromatic N) is 2. The summed E-state index contributed by atoms with van der Waals surface area (Å²) in [6.07, 6.45) is 0. The highest BCUT2D eigenvalue weighted by Gasteiger charge is 2.02. The quantitative estimate of drug-likeness (QED) is 0.521. The molecule has 0 aliphatic heterocycles. The molecule has 0 unspecified atom stereocenters. The van der Waals surface area contributed by atoms with E-state index in [-0.39, 0.29) is 19.2 Å². The minimum Gasteiger partial charge on any atom is -0.395 e. The number of aliphatic hydroxyl groups excluding tert-OH is 2. The van der Waals surface area contributed by atoms with Crippen LogP contribution < -0.4 is 5.32 Å². The SMILES string of the molecule is CN(C)C(=O)N(C)C.OCCNCCO. The van der Waals surface area contributed by atoms with Crippen LogP contribution in [0.5, 0.6) is 0 Å². The summed E-state index contributed by atoms with van der Waals surface area (Å²) in [6.45, 7) is 1.42. The van der Waals surface area contributed by atoms with Gasteiger partial charge in [-0.3, -0.25) is 0 Å². The number of hydrogen-bond acceptors (Lipinski definition) is 4. The predicted octanol–water partition coefficient (Wildman–Crippen LogP) is -1.21. The van der Waals surface area contributed by atoms with Gasteiger partial charge in [-0.15, -0.1) is 0 Å². The zero-order valence-corrected chi connectivity index (χ0v) is 10.0. The van der Waals surface area contributed by atoms with E-state index in [0.717, 1.165) is 0 Å². The van der Waals surface area contributed by atoms with E-state index in [1.807, 2.05) is 0 Å². The molecule has 0 bridgehead atoms. The number of amides is 2. The summed E-state index contributed by atoms with van der Waals surface area (Å²) in [5.74, 6) is 0. The van der Waals surface area contributed by atoms with Crippen molar-refractivity contribution >= 4 is 6.03 Å². The Morgan fingerprint density at radius 2 is 1.33 bits per heavy atom. The first-order valence-corrected chi connectivity index (χ1v) is 4.78. The molecule has 6 heteroatoms. The van der Waals surface area contributed by atoms with Crippen LogP contribution in [0.15, 0.2) is 0 Å². The Balaban J connectivity index is 0. The fraction of sp³-hybridized carbons (Fsp3) is 0.889. The van der Waals surface area contributed by atoms with Crippen molar-refractivity contribution in [1.29, 1.82) is 0 Å². The van der Waals surface area contributed by atoms with E-state index in [9.17, 15) is 4.79 Å². The Morgan fingerprint density at radius 3 is 1.47 bits per heavy atom. The molecule has 0 aliphatic carbocycles. The Labute approximate surface area is 91.5 Å². The minimum atomic E-state index is 0.0185. The van der Waals surface area contributed by atoms with Crippen molar-refractivity contribution in [3.8, 4) is 0 Å². The van der Waals surface area contributed by atoms with Gasteiger partial charge in [-0.05, 0) is 0 Å². The van der Waals surface area contributed by atoms with Crippen LogP contribution in [-0.4, -0.2) is 80.5 Å². The van der Waals surface area contributed by atoms with E-state index in [1.165, 1.54) is 9.80 Å². The first-order chi connectivity index (χ1) is 6.97. The van der Waals surface area contributed by atoms with Gasteiger partial charge in [0.05, 0.1) is 13.2 Å². The normalized spacial score (nSPS) is 8.93. The maximum absolute atomic E-state index is 10.7. The highest BCUT2D eigenvalue weighted by Crippen LogP contribution is 1.83. The molecule has 0 aromatic heterocycles. The van der Waals surface area contributed by atoms with Crippen molar-refractivity contribution in [3.05, 3.63) is 0 Å². The maximum atomic E-state index is 10.7. The van der Waals surface area contributed by atoms with Gasteiger partial charge in [0.25, 0.3) is 0 Å². The van der Waals surface area contributed by atoms with Crippen LogP contribution in [0.2, 0.25) is 0 Å². The molecule has 0 rings (SSSR count). The number of carbonyl (C=O) groups is 1. The van der Waals surface area contributed by atoms with Gasteiger partial charge < -0.3 is 25.3 Å². The molecule has 0 radical (unpaired) electrons. The molecule has 0 aromatic carbocycles. The van der Waals surface area contributed by atoms with Crippen molar-refractivity contribution < 1.29 is 15.0 Å². The van der Waals surface area contributed by atoms with Crippen LogP contribution in [0.1, 0.15) is 0 Å². The van der Waals surface area contributed by atoms with Crippen LogP contribution >= 0.6 is 0 Å². The fourth-order valence-electron chi connectivity index (χ4n) is 0.683. The number of carbonyl (C=O) groups excluding carboxylic acids is 1. The summed E-state index contributed by atoms with van der Waals surface area (Å²) in [5.41, 5.74) is 0. The molecule has 0 atom stereocenters. The van der Waals surface area contributed by atoms with E-state index < -0.39 is 0 Å². The van der Waals surface area contributed by atoms with E-state index in [1.54, 1.807) is 28.2 Å². The zero-order chi connectivity index (χ0) is 12.3. The molecule has 0 fully saturated rings. The highest BCUT2D eigenvalue weighted by molar-refractivity contribution is 5.72. The van der Waals surface area contributed by atoms with Gasteiger partial charge in [-0.2, -0.15) is 0 Å². The lowest BCUT2D eigenvalue weighted by Crippen LogP contribution is -2.33. The van der Waals surface area contributed by atoms with Gasteiger partial charge in [-0.25, -0.2) is 4.79 Å².